The molecule has 0 fully saturated rings. The summed E-state index contributed by atoms with van der Waals surface area (Å²) < 4.78 is 22.6. The fourth-order valence-corrected chi connectivity index (χ4v) is 6.45. The zero-order valence-corrected chi connectivity index (χ0v) is 43.5. The molecule has 2 atom stereocenters. The van der Waals surface area contributed by atoms with Crippen LogP contribution in [0.5, 0.6) is 0 Å². The molecule has 384 valence electrons. The van der Waals surface area contributed by atoms with Gasteiger partial charge >= 0.3 is 17.9 Å². The lowest BCUT2D eigenvalue weighted by molar-refractivity contribution is -0.870. The minimum atomic E-state index is -1.52. The topological polar surface area (TPSA) is 108 Å². The first-order valence-corrected chi connectivity index (χ1v) is 26.2. The number of aliphatic carboxylic acids is 1. The lowest BCUT2D eigenvalue weighted by Crippen LogP contribution is -2.40. The van der Waals surface area contributed by atoms with Crippen molar-refractivity contribution in [3.8, 4) is 0 Å². The lowest BCUT2D eigenvalue weighted by Gasteiger charge is -2.25. The molecule has 9 nitrogen and oxygen atoms in total. The molecule has 0 aromatic carbocycles. The van der Waals surface area contributed by atoms with Crippen LogP contribution in [0.3, 0.4) is 0 Å². The van der Waals surface area contributed by atoms with Gasteiger partial charge in [0.2, 0.25) is 0 Å². The van der Waals surface area contributed by atoms with Gasteiger partial charge in [0.1, 0.15) is 13.2 Å². The molecule has 0 saturated heterocycles. The average Bonchev–Trinajstić information content (AvgIpc) is 3.30. The predicted molar refractivity (Wildman–Crippen MR) is 285 cm³/mol. The minimum absolute atomic E-state index is 0.179. The Morgan fingerprint density at radius 2 is 0.838 bits per heavy atom. The van der Waals surface area contributed by atoms with E-state index in [2.05, 4.69) is 135 Å². The summed E-state index contributed by atoms with van der Waals surface area (Å²) in [4.78, 5) is 36.9. The first-order valence-electron chi connectivity index (χ1n) is 26.2. The summed E-state index contributed by atoms with van der Waals surface area (Å²) in [5, 5.41) is 9.61. The van der Waals surface area contributed by atoms with Crippen molar-refractivity contribution in [1.29, 1.82) is 0 Å². The predicted octanol–water partition coefficient (Wildman–Crippen LogP) is 14.9. The van der Waals surface area contributed by atoms with E-state index in [1.165, 1.54) is 6.42 Å². The monoisotopic (exact) mass is 947 g/mol. The van der Waals surface area contributed by atoms with E-state index in [1.54, 1.807) is 0 Å². The number of hydrogen-bond donors (Lipinski definition) is 1. The molecule has 0 aliphatic carbocycles. The van der Waals surface area contributed by atoms with E-state index in [-0.39, 0.29) is 32.2 Å². The fraction of sp³-hybridized carbons (Fsp3) is 0.610. The molecule has 0 aromatic heterocycles. The largest absolute Gasteiger partial charge is 0.477 e. The number of carboxylic acids is 1. The maximum atomic E-state index is 12.7. The van der Waals surface area contributed by atoms with Crippen molar-refractivity contribution in [2.75, 3.05) is 47.5 Å². The van der Waals surface area contributed by atoms with Crippen LogP contribution in [0.1, 0.15) is 174 Å². The molecule has 0 bridgehead atoms. The molecular formula is C59H96NO8+. The molecule has 0 radical (unpaired) electrons. The Morgan fingerprint density at radius 1 is 0.456 bits per heavy atom. The van der Waals surface area contributed by atoms with E-state index in [9.17, 15) is 19.5 Å². The van der Waals surface area contributed by atoms with Gasteiger partial charge in [-0.2, -0.15) is 0 Å². The van der Waals surface area contributed by atoms with Gasteiger partial charge < -0.3 is 28.5 Å². The Bertz CT molecular complexity index is 1520. The Hall–Kier alpha value is -4.31. The summed E-state index contributed by atoms with van der Waals surface area (Å²) in [6.07, 6.45) is 66.0. The molecule has 0 aliphatic rings. The molecule has 0 aromatic rings. The van der Waals surface area contributed by atoms with E-state index < -0.39 is 24.3 Å². The molecule has 9 heteroatoms. The summed E-state index contributed by atoms with van der Waals surface area (Å²) >= 11 is 0. The number of quaternary nitrogens is 1. The van der Waals surface area contributed by atoms with Gasteiger partial charge in [0, 0.05) is 12.8 Å². The Morgan fingerprint density at radius 3 is 1.25 bits per heavy atom. The maximum absolute atomic E-state index is 12.7. The molecule has 0 aliphatic heterocycles. The van der Waals surface area contributed by atoms with Crippen LogP contribution in [0.15, 0.2) is 122 Å². The highest BCUT2D eigenvalue weighted by atomic mass is 16.7. The summed E-state index contributed by atoms with van der Waals surface area (Å²) in [6.45, 7) is 4.64. The normalized spacial score (nSPS) is 13.8. The maximum Gasteiger partial charge on any atom is 0.361 e. The van der Waals surface area contributed by atoms with Crippen molar-refractivity contribution in [3.05, 3.63) is 122 Å². The third kappa shape index (κ3) is 49.6. The number of carboxylic acid groups (broad SMARTS) is 1. The highest BCUT2D eigenvalue weighted by Gasteiger charge is 2.25. The Kier molecular flexibility index (Phi) is 46.0. The molecule has 0 saturated carbocycles. The summed E-state index contributed by atoms with van der Waals surface area (Å²) in [5.41, 5.74) is 0. The number of rotatable bonds is 46. The SMILES string of the molecule is CC/C=C\C/C=C\C/C=C\C/C=C\C/C=C\C/C=C\C/C=C\C/C=C\C/C=C\C/C=C\CCCCCCCCC(=O)OC(COC(=O)CCCCCCCC)COC(OCC[N+](C)(C)C)C(=O)O. The van der Waals surface area contributed by atoms with Crippen LogP contribution < -0.4 is 0 Å². The van der Waals surface area contributed by atoms with Crippen LogP contribution >= 0.6 is 0 Å². The van der Waals surface area contributed by atoms with Crippen LogP contribution in [0, 0.1) is 0 Å². The number of likely N-dealkylation sites (N-methyl/N-ethyl adjacent to an activating group) is 1. The molecule has 0 heterocycles. The Labute approximate surface area is 415 Å². The number of esters is 2. The zero-order valence-electron chi connectivity index (χ0n) is 43.5. The van der Waals surface area contributed by atoms with Gasteiger partial charge in [-0.15, -0.1) is 0 Å². The molecule has 68 heavy (non-hydrogen) atoms. The standard InChI is InChI=1S/C59H95NO8/c1-6-8-10-12-14-15-16-17-18-19-20-21-22-23-24-25-26-27-28-29-30-31-32-33-34-35-36-37-38-39-40-41-42-43-44-46-48-50-57(62)68-55(53-66-56(61)49-47-45-13-11-9-7-2)54-67-59(58(63)64)65-52-51-60(3,4)5/h8,10,14-15,17-18,20-21,23-24,26-27,29-30,32-33,35-36,38-39,55,59H,6-7,9,11-13,16,19,22,25,28,31,34,37,40-54H2,1-5H3/p+1/b10-8-,15-14-,18-17-,21-20-,24-23-,27-26-,30-29-,33-32-,36-35-,39-38-. The highest BCUT2D eigenvalue weighted by Crippen LogP contribution is 2.12. The minimum Gasteiger partial charge on any atom is -0.477 e. The Balaban J connectivity index is 4.13. The lowest BCUT2D eigenvalue weighted by atomic mass is 10.1. The van der Waals surface area contributed by atoms with Crippen molar-refractivity contribution in [3.63, 3.8) is 0 Å². The second kappa shape index (κ2) is 49.1. The third-order valence-corrected chi connectivity index (χ3v) is 10.5. The van der Waals surface area contributed by atoms with E-state index in [0.717, 1.165) is 135 Å². The van der Waals surface area contributed by atoms with Crippen molar-refractivity contribution in [1.82, 2.24) is 0 Å². The molecule has 0 amide bonds. The molecule has 1 N–H and O–H groups in total. The first-order chi connectivity index (χ1) is 33.1. The molecule has 0 rings (SSSR count). The van der Waals surface area contributed by atoms with Crippen LogP contribution in [0.4, 0.5) is 0 Å². The quantitative estimate of drug-likeness (QED) is 0.0211. The average molecular weight is 947 g/mol. The van der Waals surface area contributed by atoms with Gasteiger partial charge in [-0.3, -0.25) is 9.59 Å². The van der Waals surface area contributed by atoms with Gasteiger partial charge in [-0.1, -0.05) is 193 Å². The number of ether oxygens (including phenoxy) is 4. The smallest absolute Gasteiger partial charge is 0.361 e. The number of allylic oxidation sites excluding steroid dienone is 20. The van der Waals surface area contributed by atoms with Crippen molar-refractivity contribution < 1.29 is 42.9 Å². The fourth-order valence-electron chi connectivity index (χ4n) is 6.45. The van der Waals surface area contributed by atoms with Crippen LogP contribution in [-0.2, 0) is 33.3 Å². The summed E-state index contributed by atoms with van der Waals surface area (Å²) in [6, 6.07) is 0. The number of unbranched alkanes of at least 4 members (excludes halogenated alkanes) is 11. The van der Waals surface area contributed by atoms with Crippen molar-refractivity contribution in [2.24, 2.45) is 0 Å². The molecular weight excluding hydrogens is 851 g/mol. The van der Waals surface area contributed by atoms with Gasteiger partial charge in [0.25, 0.3) is 6.29 Å². The highest BCUT2D eigenvalue weighted by molar-refractivity contribution is 5.71. The second-order valence-corrected chi connectivity index (χ2v) is 18.1. The van der Waals surface area contributed by atoms with Crippen molar-refractivity contribution in [2.45, 2.75) is 187 Å². The summed E-state index contributed by atoms with van der Waals surface area (Å²) in [7, 11) is 5.93. The van der Waals surface area contributed by atoms with Gasteiger partial charge in [0.15, 0.2) is 6.10 Å². The number of hydrogen-bond acceptors (Lipinski definition) is 7. The van der Waals surface area contributed by atoms with E-state index in [4.69, 9.17) is 18.9 Å². The van der Waals surface area contributed by atoms with E-state index in [1.807, 2.05) is 21.1 Å². The van der Waals surface area contributed by atoms with Gasteiger partial charge in [-0.25, -0.2) is 4.79 Å². The van der Waals surface area contributed by atoms with Crippen molar-refractivity contribution >= 4 is 17.9 Å². The van der Waals surface area contributed by atoms with Crippen LogP contribution in [-0.4, -0.2) is 87.4 Å². The third-order valence-electron chi connectivity index (χ3n) is 10.5. The van der Waals surface area contributed by atoms with E-state index >= 15 is 0 Å². The number of carbonyl (C=O) groups is 3. The first kappa shape index (κ1) is 63.7. The van der Waals surface area contributed by atoms with Gasteiger partial charge in [-0.05, 0) is 89.9 Å². The summed E-state index contributed by atoms with van der Waals surface area (Å²) in [5.74, 6) is -2.05. The van der Waals surface area contributed by atoms with E-state index in [0.29, 0.717) is 23.9 Å². The van der Waals surface area contributed by atoms with Gasteiger partial charge in [0.05, 0.1) is 34.4 Å². The zero-order chi connectivity index (χ0) is 49.9. The second-order valence-electron chi connectivity index (χ2n) is 18.1. The van der Waals surface area contributed by atoms with Crippen LogP contribution in [0.25, 0.3) is 0 Å². The molecule has 2 unspecified atom stereocenters. The number of nitrogens with zero attached hydrogens (tertiary/aromatic N) is 1. The molecule has 0 spiro atoms. The number of carbonyl (C=O) groups excluding carboxylic acids is 2. The van der Waals surface area contributed by atoms with Crippen LogP contribution in [0.2, 0.25) is 0 Å².